The summed E-state index contributed by atoms with van der Waals surface area (Å²) in [7, 11) is 0. The van der Waals surface area contributed by atoms with Gasteiger partial charge in [0.1, 0.15) is 11.9 Å². The molecule has 0 aliphatic heterocycles. The van der Waals surface area contributed by atoms with E-state index in [2.05, 4.69) is 0 Å². The van der Waals surface area contributed by atoms with Crippen LogP contribution in [0.15, 0.2) is 36.2 Å². The topological polar surface area (TPSA) is 23.8 Å². The summed E-state index contributed by atoms with van der Waals surface area (Å²) < 4.78 is 25.7. The van der Waals surface area contributed by atoms with Gasteiger partial charge >= 0.3 is 0 Å². The summed E-state index contributed by atoms with van der Waals surface area (Å²) in [6, 6.07) is 8.31. The van der Waals surface area contributed by atoms with E-state index < -0.39 is 5.83 Å². The van der Waals surface area contributed by atoms with Crippen LogP contribution in [0.5, 0.6) is 0 Å². The molecule has 0 radical (unpaired) electrons. The first-order valence-corrected chi connectivity index (χ1v) is 8.19. The van der Waals surface area contributed by atoms with Crippen molar-refractivity contribution in [2.45, 2.75) is 51.4 Å². The molecule has 0 N–H and O–H groups in total. The van der Waals surface area contributed by atoms with Crippen LogP contribution in [0.4, 0.5) is 8.78 Å². The maximum Gasteiger partial charge on any atom is 0.196 e. The number of unbranched alkanes of at least 4 members (excludes halogenated alkanes) is 1. The van der Waals surface area contributed by atoms with Gasteiger partial charge in [-0.25, -0.2) is 4.39 Å². The van der Waals surface area contributed by atoms with E-state index in [1.54, 1.807) is 6.07 Å². The van der Waals surface area contributed by atoms with Crippen LogP contribution in [0.3, 0.4) is 0 Å². The smallest absolute Gasteiger partial charge is 0.196 e. The van der Waals surface area contributed by atoms with E-state index in [-0.39, 0.29) is 11.7 Å². The minimum Gasteiger partial charge on any atom is -0.207 e. The zero-order chi connectivity index (χ0) is 15.8. The van der Waals surface area contributed by atoms with Gasteiger partial charge in [0.2, 0.25) is 0 Å². The van der Waals surface area contributed by atoms with Crippen molar-refractivity contribution in [3.63, 3.8) is 0 Å². The van der Waals surface area contributed by atoms with E-state index in [1.807, 2.05) is 12.1 Å². The molecule has 1 aromatic carbocycles. The summed E-state index contributed by atoms with van der Waals surface area (Å²) in [6.45, 7) is 0. The minimum absolute atomic E-state index is 0.178. The van der Waals surface area contributed by atoms with Gasteiger partial charge in [-0.1, -0.05) is 25.0 Å². The molecule has 1 aliphatic rings. The Morgan fingerprint density at radius 2 is 1.82 bits per heavy atom. The predicted octanol–water partition coefficient (Wildman–Crippen LogP) is 5.72. The van der Waals surface area contributed by atoms with Crippen molar-refractivity contribution in [2.75, 3.05) is 0 Å². The van der Waals surface area contributed by atoms with Crippen LogP contribution >= 0.6 is 0 Å². The molecule has 1 saturated carbocycles. The fourth-order valence-electron chi connectivity index (χ4n) is 3.30. The van der Waals surface area contributed by atoms with Crippen LogP contribution in [0.1, 0.15) is 50.5 Å². The lowest BCUT2D eigenvalue weighted by atomic mass is 9.79. The molecule has 22 heavy (non-hydrogen) atoms. The number of benzene rings is 1. The zero-order valence-electron chi connectivity index (χ0n) is 12.9. The molecule has 1 fully saturated rings. The lowest BCUT2D eigenvalue weighted by Crippen LogP contribution is -2.13. The van der Waals surface area contributed by atoms with E-state index >= 15 is 0 Å². The highest BCUT2D eigenvalue weighted by Gasteiger charge is 2.20. The third kappa shape index (κ3) is 5.60. The molecule has 0 amide bonds. The average Bonchev–Trinajstić information content (AvgIpc) is 2.54. The highest BCUT2D eigenvalue weighted by molar-refractivity contribution is 5.16. The second kappa shape index (κ2) is 8.68. The van der Waals surface area contributed by atoms with Gasteiger partial charge < -0.3 is 0 Å². The van der Waals surface area contributed by atoms with Gasteiger partial charge in [-0.15, -0.1) is 0 Å². The third-order valence-corrected chi connectivity index (χ3v) is 4.62. The summed E-state index contributed by atoms with van der Waals surface area (Å²) in [6.07, 6.45) is 10.3. The van der Waals surface area contributed by atoms with E-state index in [9.17, 15) is 8.78 Å². The van der Waals surface area contributed by atoms with Crippen LogP contribution in [0, 0.1) is 29.0 Å². The van der Waals surface area contributed by atoms with Crippen molar-refractivity contribution in [1.29, 1.82) is 5.26 Å². The Morgan fingerprint density at radius 3 is 2.45 bits per heavy atom. The molecule has 0 bridgehead atoms. The fraction of sp³-hybridized carbons (Fsp3) is 0.526. The van der Waals surface area contributed by atoms with Gasteiger partial charge in [0.25, 0.3) is 0 Å². The number of halogens is 2. The Bertz CT molecular complexity index is 519. The molecule has 0 spiro atoms. The average molecular weight is 303 g/mol. The lowest BCUT2D eigenvalue weighted by molar-refractivity contribution is 0.288. The van der Waals surface area contributed by atoms with Crippen molar-refractivity contribution in [3.05, 3.63) is 47.5 Å². The van der Waals surface area contributed by atoms with Crippen LogP contribution in [-0.2, 0) is 6.42 Å². The van der Waals surface area contributed by atoms with Gasteiger partial charge in [-0.05, 0) is 74.1 Å². The molecular weight excluding hydrogens is 280 g/mol. The van der Waals surface area contributed by atoms with Crippen LogP contribution in [-0.4, -0.2) is 0 Å². The van der Waals surface area contributed by atoms with E-state index in [0.29, 0.717) is 0 Å². The SMILES string of the molecule is N#CC(F)=C[C@H]1CC[C@H](CCCCc2ccc(F)cc2)CC1. The monoisotopic (exact) mass is 303 g/mol. The van der Waals surface area contributed by atoms with E-state index in [1.165, 1.54) is 36.6 Å². The van der Waals surface area contributed by atoms with Crippen LogP contribution in [0.2, 0.25) is 0 Å². The number of allylic oxidation sites excluding steroid dienone is 2. The van der Waals surface area contributed by atoms with Gasteiger partial charge in [-0.3, -0.25) is 0 Å². The summed E-state index contributed by atoms with van der Waals surface area (Å²) in [5.41, 5.74) is 1.20. The van der Waals surface area contributed by atoms with E-state index in [0.717, 1.165) is 44.4 Å². The third-order valence-electron chi connectivity index (χ3n) is 4.62. The Kier molecular flexibility index (Phi) is 6.58. The van der Waals surface area contributed by atoms with Crippen molar-refractivity contribution < 1.29 is 8.78 Å². The Labute approximate surface area is 131 Å². The number of rotatable bonds is 6. The second-order valence-corrected chi connectivity index (χ2v) is 6.28. The van der Waals surface area contributed by atoms with Gasteiger partial charge in [0.15, 0.2) is 5.83 Å². The standard InChI is InChI=1S/C19H23F2N/c20-18-11-9-16(10-12-18)4-2-1-3-15-5-7-17(8-6-15)13-19(21)14-22/h9-13,15,17H,1-8H2/t15-,17-. The number of nitrogens with zero attached hydrogens (tertiary/aromatic N) is 1. The number of hydrogen-bond acceptors (Lipinski definition) is 1. The van der Waals surface area contributed by atoms with Gasteiger partial charge in [0.05, 0.1) is 0 Å². The van der Waals surface area contributed by atoms with Crippen molar-refractivity contribution in [2.24, 2.45) is 11.8 Å². The highest BCUT2D eigenvalue weighted by Crippen LogP contribution is 2.33. The van der Waals surface area contributed by atoms with Crippen LogP contribution < -0.4 is 0 Å². The minimum atomic E-state index is -0.636. The van der Waals surface area contributed by atoms with Crippen molar-refractivity contribution >= 4 is 0 Å². The molecule has 0 heterocycles. The van der Waals surface area contributed by atoms with Crippen LogP contribution in [0.25, 0.3) is 0 Å². The maximum absolute atomic E-state index is 12.9. The molecule has 0 unspecified atom stereocenters. The van der Waals surface area contributed by atoms with E-state index in [4.69, 9.17) is 5.26 Å². The summed E-state index contributed by atoms with van der Waals surface area (Å²) in [4.78, 5) is 0. The van der Waals surface area contributed by atoms with Gasteiger partial charge in [0, 0.05) is 0 Å². The molecule has 2 rings (SSSR count). The van der Waals surface area contributed by atoms with Gasteiger partial charge in [-0.2, -0.15) is 9.65 Å². The van der Waals surface area contributed by atoms with Crippen molar-refractivity contribution in [3.8, 4) is 6.07 Å². The second-order valence-electron chi connectivity index (χ2n) is 6.28. The lowest BCUT2D eigenvalue weighted by Gasteiger charge is -2.26. The molecule has 3 heteroatoms. The summed E-state index contributed by atoms with van der Waals surface area (Å²) in [5, 5.41) is 8.46. The molecule has 0 saturated heterocycles. The summed E-state index contributed by atoms with van der Waals surface area (Å²) in [5.74, 6) is 0.170. The molecule has 118 valence electrons. The number of nitriles is 1. The first kappa shape index (κ1) is 16.7. The molecule has 0 atom stereocenters. The molecule has 1 aliphatic carbocycles. The normalized spacial score (nSPS) is 22.3. The first-order valence-electron chi connectivity index (χ1n) is 8.19. The molecule has 0 aromatic heterocycles. The fourth-order valence-corrected chi connectivity index (χ4v) is 3.30. The number of aryl methyl sites for hydroxylation is 1. The Balaban J connectivity index is 1.61. The largest absolute Gasteiger partial charge is 0.207 e. The zero-order valence-corrected chi connectivity index (χ0v) is 12.9. The summed E-state index contributed by atoms with van der Waals surface area (Å²) >= 11 is 0. The maximum atomic E-state index is 12.9. The molecule has 1 aromatic rings. The molecule has 1 nitrogen and oxygen atoms in total. The predicted molar refractivity (Wildman–Crippen MR) is 84.2 cm³/mol. The Morgan fingerprint density at radius 1 is 1.14 bits per heavy atom. The quantitative estimate of drug-likeness (QED) is 0.487. The molecular formula is C19H23F2N. The highest BCUT2D eigenvalue weighted by atomic mass is 19.1. The number of hydrogen-bond donors (Lipinski definition) is 0. The van der Waals surface area contributed by atoms with Crippen molar-refractivity contribution in [1.82, 2.24) is 0 Å². The first-order chi connectivity index (χ1) is 10.7. The Hall–Kier alpha value is -1.69.